The molecule has 6 heteroatoms. The summed E-state index contributed by atoms with van der Waals surface area (Å²) < 4.78 is 13.4. The second kappa shape index (κ2) is 9.10. The second-order valence-electron chi connectivity index (χ2n) is 6.65. The molecule has 0 unspecified atom stereocenters. The monoisotopic (exact) mass is 345 g/mol. The Kier molecular flexibility index (Phi) is 6.58. The van der Waals surface area contributed by atoms with Crippen LogP contribution in [0, 0.1) is 6.92 Å². The molecule has 1 fully saturated rings. The summed E-state index contributed by atoms with van der Waals surface area (Å²) in [5.41, 5.74) is 2.27. The van der Waals surface area contributed by atoms with Gasteiger partial charge in [-0.2, -0.15) is 5.10 Å². The van der Waals surface area contributed by atoms with Crippen LogP contribution in [0.3, 0.4) is 0 Å². The summed E-state index contributed by atoms with van der Waals surface area (Å²) in [7, 11) is 0. The van der Waals surface area contributed by atoms with Crippen LogP contribution in [0.15, 0.2) is 42.7 Å². The lowest BCUT2D eigenvalue weighted by molar-refractivity contribution is -0.0583. The molecular formula is C19H27N3O3. The van der Waals surface area contributed by atoms with Gasteiger partial charge in [-0.3, -0.25) is 9.58 Å². The second-order valence-corrected chi connectivity index (χ2v) is 6.65. The number of ether oxygens (including phenoxy) is 2. The molecule has 1 N–H and O–H groups in total. The quantitative estimate of drug-likeness (QED) is 0.785. The third-order valence-corrected chi connectivity index (χ3v) is 4.27. The molecule has 0 saturated carbocycles. The van der Waals surface area contributed by atoms with E-state index in [0.717, 1.165) is 30.8 Å². The van der Waals surface area contributed by atoms with Crippen molar-refractivity contribution in [1.29, 1.82) is 0 Å². The zero-order valence-corrected chi connectivity index (χ0v) is 14.8. The fraction of sp³-hybridized carbons (Fsp3) is 0.526. The summed E-state index contributed by atoms with van der Waals surface area (Å²) in [6.07, 6.45) is 3.49. The van der Waals surface area contributed by atoms with Crippen molar-refractivity contribution in [1.82, 2.24) is 14.7 Å². The van der Waals surface area contributed by atoms with E-state index in [1.807, 2.05) is 54.3 Å². The highest BCUT2D eigenvalue weighted by Gasteiger charge is 2.23. The van der Waals surface area contributed by atoms with Gasteiger partial charge in [0.2, 0.25) is 0 Å². The molecule has 25 heavy (non-hydrogen) atoms. The number of rotatable bonds is 8. The third kappa shape index (κ3) is 5.93. The largest absolute Gasteiger partial charge is 0.389 e. The van der Waals surface area contributed by atoms with E-state index < -0.39 is 6.10 Å². The van der Waals surface area contributed by atoms with Crippen molar-refractivity contribution in [3.63, 3.8) is 0 Å². The van der Waals surface area contributed by atoms with Crippen LogP contribution in [-0.2, 0) is 22.6 Å². The Bertz CT molecular complexity index is 632. The predicted octanol–water partition coefficient (Wildman–Crippen LogP) is 1.47. The van der Waals surface area contributed by atoms with Crippen molar-refractivity contribution in [3.05, 3.63) is 53.9 Å². The summed E-state index contributed by atoms with van der Waals surface area (Å²) in [4.78, 5) is 2.24. The molecule has 1 aromatic heterocycles. The van der Waals surface area contributed by atoms with Gasteiger partial charge in [-0.15, -0.1) is 0 Å². The molecule has 0 bridgehead atoms. The van der Waals surface area contributed by atoms with Crippen LogP contribution >= 0.6 is 0 Å². The maximum Gasteiger partial charge on any atom is 0.0900 e. The van der Waals surface area contributed by atoms with E-state index in [-0.39, 0.29) is 6.10 Å². The highest BCUT2D eigenvalue weighted by molar-refractivity contribution is 5.13. The number of aliphatic hydroxyl groups excluding tert-OH is 1. The van der Waals surface area contributed by atoms with Gasteiger partial charge in [-0.05, 0) is 18.1 Å². The van der Waals surface area contributed by atoms with Crippen LogP contribution in [0.1, 0.15) is 11.1 Å². The van der Waals surface area contributed by atoms with E-state index in [9.17, 15) is 5.11 Å². The van der Waals surface area contributed by atoms with Crippen LogP contribution in [0.25, 0.3) is 0 Å². The van der Waals surface area contributed by atoms with Crippen LogP contribution in [0.4, 0.5) is 0 Å². The molecule has 1 aromatic carbocycles. The van der Waals surface area contributed by atoms with Crippen molar-refractivity contribution < 1.29 is 14.6 Å². The van der Waals surface area contributed by atoms with Crippen LogP contribution in [0.2, 0.25) is 0 Å². The Balaban J connectivity index is 1.38. The average Bonchev–Trinajstić information content (AvgIpc) is 3.01. The Morgan fingerprint density at radius 3 is 2.96 bits per heavy atom. The van der Waals surface area contributed by atoms with Crippen LogP contribution < -0.4 is 0 Å². The van der Waals surface area contributed by atoms with Gasteiger partial charge in [-0.25, -0.2) is 0 Å². The molecule has 1 saturated heterocycles. The maximum atomic E-state index is 10.2. The molecule has 3 rings (SSSR count). The molecule has 0 spiro atoms. The number of aliphatic hydroxyl groups is 1. The van der Waals surface area contributed by atoms with E-state index in [1.165, 1.54) is 0 Å². The first kappa shape index (κ1) is 18.1. The Hall–Kier alpha value is -1.73. The Labute approximate surface area is 149 Å². The van der Waals surface area contributed by atoms with Crippen LogP contribution in [0.5, 0.6) is 0 Å². The highest BCUT2D eigenvalue weighted by Crippen LogP contribution is 2.09. The molecule has 2 heterocycles. The van der Waals surface area contributed by atoms with Gasteiger partial charge in [0.25, 0.3) is 0 Å². The summed E-state index contributed by atoms with van der Waals surface area (Å²) in [6.45, 7) is 6.57. The average molecular weight is 345 g/mol. The zero-order chi connectivity index (χ0) is 17.5. The summed E-state index contributed by atoms with van der Waals surface area (Å²) in [5.74, 6) is 0. The van der Waals surface area contributed by atoms with Gasteiger partial charge >= 0.3 is 0 Å². The first-order valence-corrected chi connectivity index (χ1v) is 8.82. The summed E-state index contributed by atoms with van der Waals surface area (Å²) >= 11 is 0. The predicted molar refractivity (Wildman–Crippen MR) is 95.2 cm³/mol. The molecule has 6 nitrogen and oxygen atoms in total. The van der Waals surface area contributed by atoms with E-state index in [0.29, 0.717) is 26.4 Å². The smallest absolute Gasteiger partial charge is 0.0900 e. The molecular weight excluding hydrogens is 318 g/mol. The maximum absolute atomic E-state index is 10.2. The fourth-order valence-corrected chi connectivity index (χ4v) is 3.07. The van der Waals surface area contributed by atoms with Gasteiger partial charge in [0.15, 0.2) is 0 Å². The number of aromatic nitrogens is 2. The number of hydrogen-bond acceptors (Lipinski definition) is 5. The molecule has 1 aliphatic heterocycles. The topological polar surface area (TPSA) is 59.8 Å². The van der Waals surface area contributed by atoms with Crippen LogP contribution in [-0.4, -0.2) is 64.8 Å². The molecule has 2 aromatic rings. The highest BCUT2D eigenvalue weighted by atomic mass is 16.5. The molecule has 0 amide bonds. The van der Waals surface area contributed by atoms with Crippen molar-refractivity contribution in [2.75, 3.05) is 32.8 Å². The van der Waals surface area contributed by atoms with Gasteiger partial charge in [0.1, 0.15) is 0 Å². The summed E-state index contributed by atoms with van der Waals surface area (Å²) in [6, 6.07) is 10.0. The van der Waals surface area contributed by atoms with Crippen molar-refractivity contribution in [3.8, 4) is 0 Å². The number of morpholine rings is 1. The first-order chi connectivity index (χ1) is 12.2. The number of hydrogen-bond donors (Lipinski definition) is 1. The lowest BCUT2D eigenvalue weighted by Gasteiger charge is -2.34. The molecule has 1 aliphatic rings. The SMILES string of the molecule is Cc1cnn(C[C@H]2CN(C[C@@H](O)COCc3ccccc3)CCO2)c1. The fourth-order valence-electron chi connectivity index (χ4n) is 3.07. The van der Waals surface area contributed by atoms with E-state index in [4.69, 9.17) is 9.47 Å². The Morgan fingerprint density at radius 1 is 1.36 bits per heavy atom. The normalized spacial score (nSPS) is 19.8. The van der Waals surface area contributed by atoms with E-state index >= 15 is 0 Å². The van der Waals surface area contributed by atoms with Gasteiger partial charge < -0.3 is 14.6 Å². The van der Waals surface area contributed by atoms with Gasteiger partial charge in [0.05, 0.1) is 44.8 Å². The number of benzene rings is 1. The van der Waals surface area contributed by atoms with Crippen molar-refractivity contribution in [2.45, 2.75) is 32.3 Å². The zero-order valence-electron chi connectivity index (χ0n) is 14.8. The third-order valence-electron chi connectivity index (χ3n) is 4.27. The van der Waals surface area contributed by atoms with E-state index in [2.05, 4.69) is 10.00 Å². The van der Waals surface area contributed by atoms with Crippen molar-refractivity contribution >= 4 is 0 Å². The minimum atomic E-state index is -0.491. The minimum absolute atomic E-state index is 0.102. The number of β-amino-alcohol motifs (C(OH)–C–C–N with tert-alkyl or cyclic N) is 1. The molecule has 0 aliphatic carbocycles. The lowest BCUT2D eigenvalue weighted by Crippen LogP contribution is -2.47. The lowest BCUT2D eigenvalue weighted by atomic mass is 10.2. The van der Waals surface area contributed by atoms with E-state index in [1.54, 1.807) is 0 Å². The number of nitrogens with zero attached hydrogens (tertiary/aromatic N) is 3. The van der Waals surface area contributed by atoms with Gasteiger partial charge in [0, 0.05) is 25.8 Å². The molecule has 2 atom stereocenters. The standard InChI is InChI=1S/C19H27N3O3/c1-16-9-20-22(10-16)13-19-12-21(7-8-25-19)11-18(23)15-24-14-17-5-3-2-4-6-17/h2-6,9-10,18-19,23H,7-8,11-15H2,1H3/t18-,19-/m1/s1. The molecule has 136 valence electrons. The summed E-state index contributed by atoms with van der Waals surface area (Å²) in [5, 5.41) is 14.5. The first-order valence-electron chi connectivity index (χ1n) is 8.82. The van der Waals surface area contributed by atoms with Gasteiger partial charge in [-0.1, -0.05) is 30.3 Å². The minimum Gasteiger partial charge on any atom is -0.389 e. The molecule has 0 radical (unpaired) electrons. The Morgan fingerprint density at radius 2 is 2.20 bits per heavy atom. The number of aryl methyl sites for hydroxylation is 1. The van der Waals surface area contributed by atoms with Crippen molar-refractivity contribution in [2.24, 2.45) is 0 Å².